The number of carbonyl (C=O) groups is 1. The van der Waals surface area contributed by atoms with Crippen molar-refractivity contribution in [3.8, 4) is 0 Å². The van der Waals surface area contributed by atoms with Crippen molar-refractivity contribution in [1.82, 2.24) is 0 Å². The zero-order valence-corrected chi connectivity index (χ0v) is 6.79. The van der Waals surface area contributed by atoms with Gasteiger partial charge in [0.25, 0.3) is 0 Å². The summed E-state index contributed by atoms with van der Waals surface area (Å²) in [6.07, 6.45) is 0. The van der Waals surface area contributed by atoms with Crippen molar-refractivity contribution >= 4 is 5.78 Å². The zero-order chi connectivity index (χ0) is 8.31. The van der Waals surface area contributed by atoms with Gasteiger partial charge in [-0.2, -0.15) is 0 Å². The molecule has 0 saturated heterocycles. The van der Waals surface area contributed by atoms with Gasteiger partial charge in [0.2, 0.25) is 0 Å². The molecule has 3 nitrogen and oxygen atoms in total. The minimum atomic E-state index is -0.403. The van der Waals surface area contributed by atoms with Crippen LogP contribution < -0.4 is 11.5 Å². The van der Waals surface area contributed by atoms with Gasteiger partial charge in [-0.15, -0.1) is 0 Å². The molecule has 0 heterocycles. The lowest BCUT2D eigenvalue weighted by Crippen LogP contribution is -2.43. The second-order valence-corrected chi connectivity index (χ2v) is 2.85. The fourth-order valence-electron chi connectivity index (χ4n) is 0.697. The maximum Gasteiger partial charge on any atom is 0.146 e. The SMILES string of the molecule is CC(=O)[C@H](N)C(C)C(C)N. The van der Waals surface area contributed by atoms with Crippen LogP contribution in [0.4, 0.5) is 0 Å². The van der Waals surface area contributed by atoms with Gasteiger partial charge in [0.1, 0.15) is 5.78 Å². The van der Waals surface area contributed by atoms with Crippen LogP contribution in [0.25, 0.3) is 0 Å². The van der Waals surface area contributed by atoms with Crippen LogP contribution in [-0.2, 0) is 4.79 Å². The maximum absolute atomic E-state index is 10.7. The number of hydrogen-bond donors (Lipinski definition) is 2. The number of carbonyl (C=O) groups excluding carboxylic acids is 1. The molecule has 0 aromatic heterocycles. The summed E-state index contributed by atoms with van der Waals surface area (Å²) in [6, 6.07) is -0.418. The third kappa shape index (κ3) is 2.45. The molecular weight excluding hydrogens is 128 g/mol. The van der Waals surface area contributed by atoms with Crippen molar-refractivity contribution in [3.05, 3.63) is 0 Å². The highest BCUT2D eigenvalue weighted by Crippen LogP contribution is 2.04. The van der Waals surface area contributed by atoms with Crippen LogP contribution >= 0.6 is 0 Å². The molecule has 0 aromatic rings. The summed E-state index contributed by atoms with van der Waals surface area (Å²) in [6.45, 7) is 5.23. The van der Waals surface area contributed by atoms with Crippen LogP contribution in [0, 0.1) is 5.92 Å². The Balaban J connectivity index is 3.94. The Bertz CT molecular complexity index is 123. The molecule has 3 heteroatoms. The molecule has 0 bridgehead atoms. The molecule has 0 rings (SSSR count). The smallest absolute Gasteiger partial charge is 0.146 e. The molecule has 60 valence electrons. The Labute approximate surface area is 61.8 Å². The molecule has 10 heavy (non-hydrogen) atoms. The predicted molar refractivity (Wildman–Crippen MR) is 41.5 cm³/mol. The van der Waals surface area contributed by atoms with E-state index in [1.807, 2.05) is 13.8 Å². The van der Waals surface area contributed by atoms with E-state index in [9.17, 15) is 4.79 Å². The summed E-state index contributed by atoms with van der Waals surface area (Å²) in [4.78, 5) is 10.7. The molecular formula is C7H16N2O. The van der Waals surface area contributed by atoms with Crippen LogP contribution in [0.5, 0.6) is 0 Å². The van der Waals surface area contributed by atoms with E-state index >= 15 is 0 Å². The standard InChI is InChI=1S/C7H16N2O/c1-4(5(2)8)7(9)6(3)10/h4-5,7H,8-9H2,1-3H3/t4?,5?,7-/m1/s1. The third-order valence-electron chi connectivity index (χ3n) is 1.87. The monoisotopic (exact) mass is 144 g/mol. The third-order valence-corrected chi connectivity index (χ3v) is 1.87. The summed E-state index contributed by atoms with van der Waals surface area (Å²) in [5.74, 6) is 0.0716. The van der Waals surface area contributed by atoms with E-state index in [4.69, 9.17) is 11.5 Å². The van der Waals surface area contributed by atoms with Gasteiger partial charge in [-0.25, -0.2) is 0 Å². The topological polar surface area (TPSA) is 69.1 Å². The van der Waals surface area contributed by atoms with Gasteiger partial charge in [-0.3, -0.25) is 4.79 Å². The Morgan fingerprint density at radius 2 is 1.70 bits per heavy atom. The van der Waals surface area contributed by atoms with E-state index in [1.165, 1.54) is 6.92 Å². The summed E-state index contributed by atoms with van der Waals surface area (Å²) < 4.78 is 0. The van der Waals surface area contributed by atoms with Crippen LogP contribution in [0.15, 0.2) is 0 Å². The normalized spacial score (nSPS) is 19.7. The first-order valence-electron chi connectivity index (χ1n) is 3.48. The van der Waals surface area contributed by atoms with Crippen LogP contribution in [0.1, 0.15) is 20.8 Å². The lowest BCUT2D eigenvalue weighted by atomic mass is 9.94. The fraction of sp³-hybridized carbons (Fsp3) is 0.857. The van der Waals surface area contributed by atoms with Crippen molar-refractivity contribution in [1.29, 1.82) is 0 Å². The number of ketones is 1. The molecule has 2 unspecified atom stereocenters. The van der Waals surface area contributed by atoms with Crippen molar-refractivity contribution in [2.24, 2.45) is 17.4 Å². The number of rotatable bonds is 3. The summed E-state index contributed by atoms with van der Waals surface area (Å²) in [5.41, 5.74) is 11.1. The first kappa shape index (κ1) is 9.59. The average Bonchev–Trinajstić information content (AvgIpc) is 1.84. The van der Waals surface area contributed by atoms with Crippen LogP contribution in [0.3, 0.4) is 0 Å². The van der Waals surface area contributed by atoms with E-state index in [-0.39, 0.29) is 17.7 Å². The minimum Gasteiger partial charge on any atom is -0.328 e. The Morgan fingerprint density at radius 1 is 1.30 bits per heavy atom. The average molecular weight is 144 g/mol. The van der Waals surface area contributed by atoms with Gasteiger partial charge in [0.15, 0.2) is 0 Å². The lowest BCUT2D eigenvalue weighted by molar-refractivity contribution is -0.119. The van der Waals surface area contributed by atoms with Crippen molar-refractivity contribution in [2.45, 2.75) is 32.9 Å². The maximum atomic E-state index is 10.7. The highest BCUT2D eigenvalue weighted by molar-refractivity contribution is 5.81. The van der Waals surface area contributed by atoms with Gasteiger partial charge in [-0.1, -0.05) is 6.92 Å². The molecule has 0 amide bonds. The molecule has 0 aliphatic rings. The first-order chi connectivity index (χ1) is 4.46. The summed E-state index contributed by atoms with van der Waals surface area (Å²) >= 11 is 0. The van der Waals surface area contributed by atoms with Gasteiger partial charge in [-0.05, 0) is 19.8 Å². The van der Waals surface area contributed by atoms with Crippen molar-refractivity contribution in [3.63, 3.8) is 0 Å². The zero-order valence-electron chi connectivity index (χ0n) is 6.79. The highest BCUT2D eigenvalue weighted by atomic mass is 16.1. The molecule has 3 atom stereocenters. The second kappa shape index (κ2) is 3.68. The van der Waals surface area contributed by atoms with Gasteiger partial charge >= 0.3 is 0 Å². The van der Waals surface area contributed by atoms with Gasteiger partial charge in [0, 0.05) is 6.04 Å². The quantitative estimate of drug-likeness (QED) is 0.580. The number of nitrogens with two attached hydrogens (primary N) is 2. The van der Waals surface area contributed by atoms with E-state index in [2.05, 4.69) is 0 Å². The lowest BCUT2D eigenvalue weighted by Gasteiger charge is -2.20. The first-order valence-corrected chi connectivity index (χ1v) is 3.48. The van der Waals surface area contributed by atoms with E-state index in [1.54, 1.807) is 0 Å². The molecule has 0 aromatic carbocycles. The molecule has 4 N–H and O–H groups in total. The molecule has 0 aliphatic carbocycles. The van der Waals surface area contributed by atoms with E-state index in [0.717, 1.165) is 0 Å². The highest BCUT2D eigenvalue weighted by Gasteiger charge is 2.19. The van der Waals surface area contributed by atoms with Crippen molar-refractivity contribution in [2.75, 3.05) is 0 Å². The molecule has 0 aliphatic heterocycles. The summed E-state index contributed by atoms with van der Waals surface area (Å²) in [7, 11) is 0. The predicted octanol–water partition coefficient (Wildman–Crippen LogP) is -0.114. The second-order valence-electron chi connectivity index (χ2n) is 2.85. The number of hydrogen-bond acceptors (Lipinski definition) is 3. The molecule has 0 spiro atoms. The summed E-state index contributed by atoms with van der Waals surface area (Å²) in [5, 5.41) is 0. The Kier molecular flexibility index (Phi) is 3.53. The Hall–Kier alpha value is -0.410. The van der Waals surface area contributed by atoms with E-state index < -0.39 is 6.04 Å². The number of Topliss-reactive ketones (excluding diaryl/α,β-unsaturated/α-hetero) is 1. The van der Waals surface area contributed by atoms with Gasteiger partial charge in [0.05, 0.1) is 6.04 Å². The minimum absolute atomic E-state index is 0.00444. The molecule has 0 radical (unpaired) electrons. The Morgan fingerprint density at radius 3 is 1.80 bits per heavy atom. The van der Waals surface area contributed by atoms with Crippen molar-refractivity contribution < 1.29 is 4.79 Å². The van der Waals surface area contributed by atoms with Gasteiger partial charge < -0.3 is 11.5 Å². The van der Waals surface area contributed by atoms with Crippen LogP contribution in [0.2, 0.25) is 0 Å². The largest absolute Gasteiger partial charge is 0.328 e. The van der Waals surface area contributed by atoms with Crippen LogP contribution in [-0.4, -0.2) is 17.9 Å². The fourth-order valence-corrected chi connectivity index (χ4v) is 0.697. The molecule has 0 saturated carbocycles. The van der Waals surface area contributed by atoms with E-state index in [0.29, 0.717) is 0 Å². The molecule has 0 fully saturated rings.